The van der Waals surface area contributed by atoms with Crippen LogP contribution in [-0.4, -0.2) is 6.29 Å². The number of benzene rings is 1. The van der Waals surface area contributed by atoms with Gasteiger partial charge in [0, 0.05) is 6.42 Å². The summed E-state index contributed by atoms with van der Waals surface area (Å²) in [5, 5.41) is 8.54. The molecule has 1 aromatic rings. The lowest BCUT2D eigenvalue weighted by Gasteiger charge is -1.95. The van der Waals surface area contributed by atoms with Crippen LogP contribution < -0.4 is 0 Å². The molecule has 0 N–H and O–H groups in total. The zero-order valence-electron chi connectivity index (χ0n) is 7.40. The summed E-state index contributed by atoms with van der Waals surface area (Å²) in [6.07, 6.45) is 4.42. The molecule has 0 spiro atoms. The zero-order chi connectivity index (χ0) is 10.4. The summed E-state index contributed by atoms with van der Waals surface area (Å²) in [6.45, 7) is 0. The van der Waals surface area contributed by atoms with Gasteiger partial charge < -0.3 is 4.79 Å². The second-order valence-corrected chi connectivity index (χ2v) is 2.66. The van der Waals surface area contributed by atoms with E-state index in [-0.39, 0.29) is 5.56 Å². The lowest BCUT2D eigenvalue weighted by molar-refractivity contribution is -0.107. The number of aldehydes is 1. The molecule has 0 unspecified atom stereocenters. The zero-order valence-corrected chi connectivity index (χ0v) is 7.40. The average molecular weight is 189 g/mol. The molecule has 0 amide bonds. The summed E-state index contributed by atoms with van der Waals surface area (Å²) in [7, 11) is 0. The van der Waals surface area contributed by atoms with Crippen LogP contribution in [0, 0.1) is 17.1 Å². The van der Waals surface area contributed by atoms with Crippen LogP contribution in [0.2, 0.25) is 0 Å². The first-order valence-corrected chi connectivity index (χ1v) is 4.07. The van der Waals surface area contributed by atoms with E-state index in [9.17, 15) is 9.18 Å². The molecule has 1 rings (SSSR count). The number of nitriles is 1. The van der Waals surface area contributed by atoms with Crippen molar-refractivity contribution >= 4 is 12.4 Å². The van der Waals surface area contributed by atoms with Gasteiger partial charge in [0.25, 0.3) is 0 Å². The molecule has 0 heterocycles. The quantitative estimate of drug-likeness (QED) is 0.684. The number of hydrogen-bond donors (Lipinski definition) is 0. The average Bonchev–Trinajstić information content (AvgIpc) is 2.21. The Morgan fingerprint density at radius 3 is 2.93 bits per heavy atom. The highest BCUT2D eigenvalue weighted by atomic mass is 19.1. The minimum absolute atomic E-state index is 0.0123. The van der Waals surface area contributed by atoms with E-state index in [0.29, 0.717) is 12.0 Å². The van der Waals surface area contributed by atoms with Gasteiger partial charge in [-0.3, -0.25) is 0 Å². The predicted molar refractivity (Wildman–Crippen MR) is 50.8 cm³/mol. The van der Waals surface area contributed by atoms with E-state index >= 15 is 0 Å². The monoisotopic (exact) mass is 189 g/mol. The van der Waals surface area contributed by atoms with Crippen molar-refractivity contribution in [3.8, 4) is 6.07 Å². The van der Waals surface area contributed by atoms with Gasteiger partial charge in [0.1, 0.15) is 18.2 Å². The third kappa shape index (κ3) is 2.53. The molecule has 0 aliphatic rings. The van der Waals surface area contributed by atoms with Crippen LogP contribution >= 0.6 is 0 Å². The predicted octanol–water partition coefficient (Wildman–Crippen LogP) is 2.30. The molecule has 0 radical (unpaired) electrons. The molecule has 14 heavy (non-hydrogen) atoms. The molecule has 0 bridgehead atoms. The van der Waals surface area contributed by atoms with Crippen LogP contribution in [0.15, 0.2) is 24.3 Å². The highest BCUT2D eigenvalue weighted by Gasteiger charge is 1.99. The number of halogens is 1. The Balaban J connectivity index is 2.91. The standard InChI is InChI=1S/C11H8FNO/c12-11-5-4-9(3-1-2-6-14)7-10(11)8-13/h1,3-7H,2H2. The molecule has 3 heteroatoms. The minimum atomic E-state index is -0.528. The first-order valence-electron chi connectivity index (χ1n) is 4.07. The van der Waals surface area contributed by atoms with Gasteiger partial charge in [0.15, 0.2) is 0 Å². The van der Waals surface area contributed by atoms with Gasteiger partial charge in [0.2, 0.25) is 0 Å². The summed E-state index contributed by atoms with van der Waals surface area (Å²) in [5.41, 5.74) is 0.725. The highest BCUT2D eigenvalue weighted by Crippen LogP contribution is 2.10. The second kappa shape index (κ2) is 4.93. The number of carbonyl (C=O) groups excluding carboxylic acids is 1. The molecule has 0 aliphatic carbocycles. The summed E-state index contributed by atoms with van der Waals surface area (Å²) in [5.74, 6) is -0.528. The van der Waals surface area contributed by atoms with E-state index < -0.39 is 5.82 Å². The number of nitrogens with zero attached hydrogens (tertiary/aromatic N) is 1. The van der Waals surface area contributed by atoms with Crippen molar-refractivity contribution in [3.63, 3.8) is 0 Å². The second-order valence-electron chi connectivity index (χ2n) is 2.66. The first-order chi connectivity index (χ1) is 6.77. The maximum Gasteiger partial charge on any atom is 0.140 e. The van der Waals surface area contributed by atoms with Crippen molar-refractivity contribution in [1.82, 2.24) is 0 Å². The largest absolute Gasteiger partial charge is 0.303 e. The fourth-order valence-electron chi connectivity index (χ4n) is 0.992. The van der Waals surface area contributed by atoms with Crippen LogP contribution in [0.25, 0.3) is 6.08 Å². The first kappa shape index (κ1) is 10.1. The summed E-state index contributed by atoms with van der Waals surface area (Å²) in [6, 6.07) is 5.98. The van der Waals surface area contributed by atoms with Crippen LogP contribution in [0.5, 0.6) is 0 Å². The molecule has 0 saturated carbocycles. The van der Waals surface area contributed by atoms with E-state index in [1.165, 1.54) is 12.1 Å². The van der Waals surface area contributed by atoms with Crippen LogP contribution in [0.1, 0.15) is 17.5 Å². The highest BCUT2D eigenvalue weighted by molar-refractivity contribution is 5.58. The molecule has 2 nitrogen and oxygen atoms in total. The van der Waals surface area contributed by atoms with Gasteiger partial charge in [-0.2, -0.15) is 5.26 Å². The maximum absolute atomic E-state index is 12.9. The van der Waals surface area contributed by atoms with Gasteiger partial charge in [-0.25, -0.2) is 4.39 Å². The fraction of sp³-hybridized carbons (Fsp3) is 0.0909. The smallest absolute Gasteiger partial charge is 0.140 e. The number of rotatable bonds is 3. The minimum Gasteiger partial charge on any atom is -0.303 e. The van der Waals surface area contributed by atoms with Gasteiger partial charge in [-0.15, -0.1) is 0 Å². The maximum atomic E-state index is 12.9. The van der Waals surface area contributed by atoms with Crippen molar-refractivity contribution in [2.75, 3.05) is 0 Å². The van der Waals surface area contributed by atoms with Crippen molar-refractivity contribution in [2.45, 2.75) is 6.42 Å². The van der Waals surface area contributed by atoms with Gasteiger partial charge in [-0.1, -0.05) is 18.2 Å². The molecule has 0 fully saturated rings. The topological polar surface area (TPSA) is 40.9 Å². The summed E-state index contributed by atoms with van der Waals surface area (Å²) >= 11 is 0. The molecule has 0 aliphatic heterocycles. The van der Waals surface area contributed by atoms with Crippen molar-refractivity contribution < 1.29 is 9.18 Å². The van der Waals surface area contributed by atoms with Crippen molar-refractivity contribution in [1.29, 1.82) is 5.26 Å². The molecule has 70 valence electrons. The van der Waals surface area contributed by atoms with Gasteiger partial charge in [0.05, 0.1) is 5.56 Å². The third-order valence-corrected chi connectivity index (χ3v) is 1.65. The van der Waals surface area contributed by atoms with E-state index in [2.05, 4.69) is 0 Å². The van der Waals surface area contributed by atoms with Gasteiger partial charge in [-0.05, 0) is 17.7 Å². The lowest BCUT2D eigenvalue weighted by atomic mass is 10.1. The normalized spacial score (nSPS) is 10.0. The van der Waals surface area contributed by atoms with Crippen LogP contribution in [-0.2, 0) is 4.79 Å². The Bertz CT molecular complexity index is 404. The fourth-order valence-corrected chi connectivity index (χ4v) is 0.992. The van der Waals surface area contributed by atoms with E-state index in [1.54, 1.807) is 24.3 Å². The molecule has 0 saturated heterocycles. The number of allylic oxidation sites excluding steroid dienone is 1. The van der Waals surface area contributed by atoms with E-state index in [4.69, 9.17) is 5.26 Å². The molecular weight excluding hydrogens is 181 g/mol. The summed E-state index contributed by atoms with van der Waals surface area (Å²) < 4.78 is 12.9. The summed E-state index contributed by atoms with van der Waals surface area (Å²) in [4.78, 5) is 10.0. The lowest BCUT2D eigenvalue weighted by Crippen LogP contribution is -1.83. The Kier molecular flexibility index (Phi) is 3.57. The Morgan fingerprint density at radius 1 is 1.50 bits per heavy atom. The number of carbonyl (C=O) groups is 1. The Morgan fingerprint density at radius 2 is 2.29 bits per heavy atom. The molecule has 0 atom stereocenters. The SMILES string of the molecule is N#Cc1cc(C=CCC=O)ccc1F. The van der Waals surface area contributed by atoms with Crippen molar-refractivity contribution in [2.24, 2.45) is 0 Å². The molecule has 0 aromatic heterocycles. The molecule has 1 aromatic carbocycles. The molecular formula is C11H8FNO. The Hall–Kier alpha value is -1.95. The van der Waals surface area contributed by atoms with Crippen LogP contribution in [0.4, 0.5) is 4.39 Å². The van der Waals surface area contributed by atoms with Gasteiger partial charge >= 0.3 is 0 Å². The Labute approximate surface area is 81.3 Å². The third-order valence-electron chi connectivity index (χ3n) is 1.65. The van der Waals surface area contributed by atoms with E-state index in [1.807, 2.05) is 0 Å². The van der Waals surface area contributed by atoms with Crippen LogP contribution in [0.3, 0.4) is 0 Å². The van der Waals surface area contributed by atoms with E-state index in [0.717, 1.165) is 6.29 Å². The van der Waals surface area contributed by atoms with Crippen molar-refractivity contribution in [3.05, 3.63) is 41.2 Å². The number of hydrogen-bond acceptors (Lipinski definition) is 2.